The first-order valence-corrected chi connectivity index (χ1v) is 8.79. The summed E-state index contributed by atoms with van der Waals surface area (Å²) in [4.78, 5) is 20.9. The lowest BCUT2D eigenvalue weighted by Gasteiger charge is -2.30. The molecule has 0 aromatic carbocycles. The Morgan fingerprint density at radius 2 is 2.35 bits per heavy atom. The topological polar surface area (TPSA) is 49.6 Å². The lowest BCUT2D eigenvalue weighted by atomic mass is 10.0. The van der Waals surface area contributed by atoms with Crippen LogP contribution in [0.25, 0.3) is 0 Å². The Hall–Kier alpha value is -1.62. The summed E-state index contributed by atoms with van der Waals surface area (Å²) in [6.45, 7) is 6.19. The zero-order valence-corrected chi connectivity index (χ0v) is 14.2. The van der Waals surface area contributed by atoms with Crippen LogP contribution in [0, 0.1) is 0 Å². The molecule has 1 aromatic heterocycles. The summed E-state index contributed by atoms with van der Waals surface area (Å²) in [5.74, 6) is 1.63. The number of hydrogen-bond acceptors (Lipinski definition) is 4. The Bertz CT molecular complexity index is 566. The highest BCUT2D eigenvalue weighted by atomic mass is 16.4. The van der Waals surface area contributed by atoms with Crippen LogP contribution in [0.1, 0.15) is 51.2 Å². The van der Waals surface area contributed by atoms with E-state index in [1.165, 1.54) is 19.3 Å². The SMILES string of the molecule is CCc1cnc(CN(C(C)=O)[C@@H]2CCN([C@H]3C=CCCC3)C2)o1. The van der Waals surface area contributed by atoms with Gasteiger partial charge in [-0.05, 0) is 25.7 Å². The van der Waals surface area contributed by atoms with Crippen molar-refractivity contribution in [2.24, 2.45) is 0 Å². The van der Waals surface area contributed by atoms with Gasteiger partial charge in [0.25, 0.3) is 0 Å². The van der Waals surface area contributed by atoms with Gasteiger partial charge in [0.2, 0.25) is 11.8 Å². The molecule has 5 nitrogen and oxygen atoms in total. The van der Waals surface area contributed by atoms with E-state index in [-0.39, 0.29) is 11.9 Å². The fraction of sp³-hybridized carbons (Fsp3) is 0.667. The number of amides is 1. The van der Waals surface area contributed by atoms with Gasteiger partial charge in [0.1, 0.15) is 5.76 Å². The molecule has 1 amide bonds. The molecule has 0 saturated carbocycles. The minimum Gasteiger partial charge on any atom is -0.444 e. The van der Waals surface area contributed by atoms with E-state index in [0.29, 0.717) is 18.5 Å². The molecule has 0 spiro atoms. The molecule has 126 valence electrons. The van der Waals surface area contributed by atoms with Crippen molar-refractivity contribution in [2.45, 2.75) is 64.6 Å². The van der Waals surface area contributed by atoms with E-state index in [1.807, 2.05) is 11.8 Å². The largest absolute Gasteiger partial charge is 0.444 e. The summed E-state index contributed by atoms with van der Waals surface area (Å²) in [6.07, 6.45) is 12.0. The van der Waals surface area contributed by atoms with Crippen molar-refractivity contribution in [3.63, 3.8) is 0 Å². The second-order valence-corrected chi connectivity index (χ2v) is 6.58. The first kappa shape index (κ1) is 16.2. The lowest BCUT2D eigenvalue weighted by molar-refractivity contribution is -0.132. The highest BCUT2D eigenvalue weighted by Gasteiger charge is 2.33. The number of carbonyl (C=O) groups excluding carboxylic acids is 1. The Kier molecular flexibility index (Phi) is 5.16. The molecule has 23 heavy (non-hydrogen) atoms. The first-order chi connectivity index (χ1) is 11.2. The van der Waals surface area contributed by atoms with Crippen LogP contribution in [0.4, 0.5) is 0 Å². The van der Waals surface area contributed by atoms with E-state index in [0.717, 1.165) is 31.7 Å². The van der Waals surface area contributed by atoms with E-state index in [9.17, 15) is 4.79 Å². The van der Waals surface area contributed by atoms with E-state index in [4.69, 9.17) is 4.42 Å². The van der Waals surface area contributed by atoms with E-state index in [2.05, 4.69) is 22.0 Å². The quantitative estimate of drug-likeness (QED) is 0.784. The highest BCUT2D eigenvalue weighted by Crippen LogP contribution is 2.24. The number of carbonyl (C=O) groups is 1. The Labute approximate surface area is 138 Å². The second-order valence-electron chi connectivity index (χ2n) is 6.58. The van der Waals surface area contributed by atoms with E-state index >= 15 is 0 Å². The molecule has 0 bridgehead atoms. The number of aromatic nitrogens is 1. The maximum Gasteiger partial charge on any atom is 0.220 e. The van der Waals surface area contributed by atoms with Crippen molar-refractivity contribution in [3.8, 4) is 0 Å². The zero-order valence-electron chi connectivity index (χ0n) is 14.2. The average molecular weight is 317 g/mol. The second kappa shape index (κ2) is 7.30. The number of rotatable bonds is 5. The number of aryl methyl sites for hydroxylation is 1. The van der Waals surface area contributed by atoms with Gasteiger partial charge in [0, 0.05) is 38.5 Å². The smallest absolute Gasteiger partial charge is 0.220 e. The first-order valence-electron chi connectivity index (χ1n) is 8.79. The Balaban J connectivity index is 1.63. The molecule has 1 saturated heterocycles. The summed E-state index contributed by atoms with van der Waals surface area (Å²) < 4.78 is 5.69. The molecule has 0 unspecified atom stereocenters. The molecule has 2 aliphatic rings. The van der Waals surface area contributed by atoms with Crippen LogP contribution in [0.5, 0.6) is 0 Å². The lowest BCUT2D eigenvalue weighted by Crippen LogP contribution is -2.42. The van der Waals surface area contributed by atoms with Gasteiger partial charge in [-0.15, -0.1) is 0 Å². The van der Waals surface area contributed by atoms with Gasteiger partial charge >= 0.3 is 0 Å². The number of nitrogens with zero attached hydrogens (tertiary/aromatic N) is 3. The van der Waals surface area contributed by atoms with Crippen LogP contribution in [-0.2, 0) is 17.8 Å². The third-order valence-electron chi connectivity index (χ3n) is 4.99. The fourth-order valence-electron chi connectivity index (χ4n) is 3.65. The third kappa shape index (κ3) is 3.83. The van der Waals surface area contributed by atoms with Crippen molar-refractivity contribution in [1.29, 1.82) is 0 Å². The zero-order chi connectivity index (χ0) is 16.2. The minimum absolute atomic E-state index is 0.104. The maximum absolute atomic E-state index is 12.1. The molecule has 1 aliphatic carbocycles. The van der Waals surface area contributed by atoms with Crippen LogP contribution in [0.3, 0.4) is 0 Å². The minimum atomic E-state index is 0.104. The number of likely N-dealkylation sites (tertiary alicyclic amines) is 1. The van der Waals surface area contributed by atoms with Crippen LogP contribution < -0.4 is 0 Å². The predicted octanol–water partition coefficient (Wildman–Crippen LogP) is 2.77. The van der Waals surface area contributed by atoms with Gasteiger partial charge in [0.05, 0.1) is 12.7 Å². The van der Waals surface area contributed by atoms with Gasteiger partial charge in [-0.2, -0.15) is 0 Å². The number of oxazole rings is 1. The number of hydrogen-bond donors (Lipinski definition) is 0. The molecule has 1 fully saturated rings. The highest BCUT2D eigenvalue weighted by molar-refractivity contribution is 5.73. The monoisotopic (exact) mass is 317 g/mol. The summed E-state index contributed by atoms with van der Waals surface area (Å²) in [5, 5.41) is 0. The van der Waals surface area contributed by atoms with Crippen molar-refractivity contribution in [2.75, 3.05) is 13.1 Å². The molecular weight excluding hydrogens is 290 g/mol. The van der Waals surface area contributed by atoms with Gasteiger partial charge in [-0.1, -0.05) is 19.1 Å². The maximum atomic E-state index is 12.1. The molecule has 0 N–H and O–H groups in total. The van der Waals surface area contributed by atoms with Crippen molar-refractivity contribution in [3.05, 3.63) is 30.0 Å². The summed E-state index contributed by atoms with van der Waals surface area (Å²) in [5.41, 5.74) is 0. The number of allylic oxidation sites excluding steroid dienone is 1. The van der Waals surface area contributed by atoms with Crippen LogP contribution in [-0.4, -0.2) is 45.9 Å². The van der Waals surface area contributed by atoms with Gasteiger partial charge < -0.3 is 9.32 Å². The summed E-state index contributed by atoms with van der Waals surface area (Å²) in [6, 6.07) is 0.816. The Morgan fingerprint density at radius 1 is 1.48 bits per heavy atom. The van der Waals surface area contributed by atoms with Gasteiger partial charge in [-0.3, -0.25) is 9.69 Å². The average Bonchev–Trinajstić information content (AvgIpc) is 3.22. The van der Waals surface area contributed by atoms with Gasteiger partial charge in [-0.25, -0.2) is 4.98 Å². The van der Waals surface area contributed by atoms with Gasteiger partial charge in [0.15, 0.2) is 0 Å². The summed E-state index contributed by atoms with van der Waals surface area (Å²) >= 11 is 0. The van der Waals surface area contributed by atoms with Crippen LogP contribution in [0.15, 0.2) is 22.8 Å². The van der Waals surface area contributed by atoms with Crippen molar-refractivity contribution in [1.82, 2.24) is 14.8 Å². The van der Waals surface area contributed by atoms with Crippen molar-refractivity contribution < 1.29 is 9.21 Å². The third-order valence-corrected chi connectivity index (χ3v) is 4.99. The van der Waals surface area contributed by atoms with Crippen LogP contribution >= 0.6 is 0 Å². The fourth-order valence-corrected chi connectivity index (χ4v) is 3.65. The molecular formula is C18H27N3O2. The van der Waals surface area contributed by atoms with Crippen LogP contribution in [0.2, 0.25) is 0 Å². The molecule has 5 heteroatoms. The molecule has 2 heterocycles. The van der Waals surface area contributed by atoms with Crippen molar-refractivity contribution >= 4 is 5.91 Å². The predicted molar refractivity (Wildman–Crippen MR) is 88.9 cm³/mol. The molecule has 3 rings (SSSR count). The Morgan fingerprint density at radius 3 is 3.00 bits per heavy atom. The standard InChI is InChI=1S/C18H27N3O2/c1-3-17-11-19-18(23-17)13-21(14(2)22)16-9-10-20(12-16)15-7-5-4-6-8-15/h5,7,11,15-16H,3-4,6,8-10,12-13H2,1-2H3/t15-,16+/m0/s1. The molecule has 0 radical (unpaired) electrons. The molecule has 1 aliphatic heterocycles. The molecule has 2 atom stereocenters. The normalized spacial score (nSPS) is 25.0. The summed E-state index contributed by atoms with van der Waals surface area (Å²) in [7, 11) is 0. The van der Waals surface area contributed by atoms with E-state index in [1.54, 1.807) is 13.1 Å². The van der Waals surface area contributed by atoms with E-state index < -0.39 is 0 Å². The molecule has 1 aromatic rings.